The van der Waals surface area contributed by atoms with Crippen molar-refractivity contribution in [3.63, 3.8) is 0 Å². The summed E-state index contributed by atoms with van der Waals surface area (Å²) in [4.78, 5) is 9.37. The molecule has 2 heterocycles. The third-order valence-electron chi connectivity index (χ3n) is 4.07. The minimum Gasteiger partial charge on any atom is -0.338 e. The van der Waals surface area contributed by atoms with E-state index in [0.29, 0.717) is 0 Å². The van der Waals surface area contributed by atoms with E-state index in [1.54, 1.807) is 0 Å². The Labute approximate surface area is 108 Å². The summed E-state index contributed by atoms with van der Waals surface area (Å²) in [5.41, 5.74) is 0. The Morgan fingerprint density at radius 2 is 2.00 bits per heavy atom. The third kappa shape index (κ3) is 2.72. The van der Waals surface area contributed by atoms with E-state index in [1.807, 2.05) is 6.92 Å². The van der Waals surface area contributed by atoms with Crippen LogP contribution in [0.2, 0.25) is 0 Å². The summed E-state index contributed by atoms with van der Waals surface area (Å²) in [6.07, 6.45) is 2.88. The molecule has 0 radical (unpaired) electrons. The van der Waals surface area contributed by atoms with Crippen LogP contribution < -0.4 is 0 Å². The third-order valence-corrected chi connectivity index (χ3v) is 4.07. The van der Waals surface area contributed by atoms with Crippen molar-refractivity contribution in [2.24, 2.45) is 5.92 Å². The Kier molecular flexibility index (Phi) is 3.35. The standard InChI is InChI=1S/C13H22N4O/c1-10(13-14-11(2)15-18-13)17-7-5-16(6-8-17)9-12-3-4-12/h10,12H,3-9H2,1-2H3. The van der Waals surface area contributed by atoms with Crippen LogP contribution in [0.1, 0.15) is 37.5 Å². The van der Waals surface area contributed by atoms with Crippen LogP contribution >= 0.6 is 0 Å². The first-order valence-electron chi connectivity index (χ1n) is 6.99. The lowest BCUT2D eigenvalue weighted by Gasteiger charge is -2.36. The molecule has 100 valence electrons. The van der Waals surface area contributed by atoms with Crippen LogP contribution in [0.5, 0.6) is 0 Å². The number of hydrogen-bond donors (Lipinski definition) is 0. The van der Waals surface area contributed by atoms with Crippen LogP contribution in [-0.4, -0.2) is 52.7 Å². The van der Waals surface area contributed by atoms with Gasteiger partial charge in [-0.15, -0.1) is 0 Å². The maximum Gasteiger partial charge on any atom is 0.243 e. The van der Waals surface area contributed by atoms with Crippen LogP contribution in [0, 0.1) is 12.8 Å². The SMILES string of the molecule is Cc1noc(C(C)N2CCN(CC3CC3)CC2)n1. The van der Waals surface area contributed by atoms with Gasteiger partial charge in [-0.2, -0.15) is 4.98 Å². The molecule has 0 amide bonds. The summed E-state index contributed by atoms with van der Waals surface area (Å²) in [6, 6.07) is 0.245. The van der Waals surface area contributed by atoms with E-state index in [0.717, 1.165) is 30.7 Å². The quantitative estimate of drug-likeness (QED) is 0.809. The van der Waals surface area contributed by atoms with Gasteiger partial charge in [-0.3, -0.25) is 4.90 Å². The number of rotatable bonds is 4. The smallest absolute Gasteiger partial charge is 0.243 e. The molecule has 1 aliphatic carbocycles. The fourth-order valence-corrected chi connectivity index (χ4v) is 2.64. The first kappa shape index (κ1) is 12.1. The molecular formula is C13H22N4O. The zero-order chi connectivity index (χ0) is 12.5. The number of hydrogen-bond acceptors (Lipinski definition) is 5. The molecule has 1 saturated heterocycles. The maximum absolute atomic E-state index is 5.26. The molecule has 2 fully saturated rings. The first-order valence-corrected chi connectivity index (χ1v) is 6.99. The van der Waals surface area contributed by atoms with Gasteiger partial charge in [-0.25, -0.2) is 0 Å². The second-order valence-corrected chi connectivity index (χ2v) is 5.64. The average Bonchev–Trinajstić information content (AvgIpc) is 3.09. The lowest BCUT2D eigenvalue weighted by Crippen LogP contribution is -2.47. The minimum atomic E-state index is 0.245. The van der Waals surface area contributed by atoms with Crippen molar-refractivity contribution < 1.29 is 4.52 Å². The Bertz CT molecular complexity index is 393. The monoisotopic (exact) mass is 250 g/mol. The molecule has 1 aromatic rings. The molecule has 3 rings (SSSR count). The fourth-order valence-electron chi connectivity index (χ4n) is 2.64. The molecule has 1 unspecified atom stereocenters. The molecule has 0 N–H and O–H groups in total. The van der Waals surface area contributed by atoms with E-state index >= 15 is 0 Å². The van der Waals surface area contributed by atoms with Crippen molar-refractivity contribution >= 4 is 0 Å². The molecule has 2 aliphatic rings. The Morgan fingerprint density at radius 3 is 2.56 bits per heavy atom. The predicted molar refractivity (Wildman–Crippen MR) is 68.2 cm³/mol. The molecule has 1 atom stereocenters. The highest BCUT2D eigenvalue weighted by Gasteiger charge is 2.29. The minimum absolute atomic E-state index is 0.245. The maximum atomic E-state index is 5.26. The highest BCUT2D eigenvalue weighted by molar-refractivity contribution is 4.92. The number of nitrogens with zero attached hydrogens (tertiary/aromatic N) is 4. The van der Waals surface area contributed by atoms with Gasteiger partial charge in [0.05, 0.1) is 6.04 Å². The van der Waals surface area contributed by atoms with Crippen molar-refractivity contribution in [2.75, 3.05) is 32.7 Å². The Morgan fingerprint density at radius 1 is 1.28 bits per heavy atom. The average molecular weight is 250 g/mol. The summed E-state index contributed by atoms with van der Waals surface area (Å²) in [5.74, 6) is 2.47. The van der Waals surface area contributed by atoms with Crippen molar-refractivity contribution in [1.82, 2.24) is 19.9 Å². The molecule has 18 heavy (non-hydrogen) atoms. The summed E-state index contributed by atoms with van der Waals surface area (Å²) in [5, 5.41) is 3.87. The largest absolute Gasteiger partial charge is 0.338 e. The molecule has 5 heteroatoms. The summed E-state index contributed by atoms with van der Waals surface area (Å²) >= 11 is 0. The van der Waals surface area contributed by atoms with Gasteiger partial charge in [0.25, 0.3) is 0 Å². The molecule has 5 nitrogen and oxygen atoms in total. The lowest BCUT2D eigenvalue weighted by atomic mass is 10.2. The highest BCUT2D eigenvalue weighted by Crippen LogP contribution is 2.30. The van der Waals surface area contributed by atoms with Gasteiger partial charge >= 0.3 is 0 Å². The zero-order valence-electron chi connectivity index (χ0n) is 11.3. The lowest BCUT2D eigenvalue weighted by molar-refractivity contribution is 0.0859. The van der Waals surface area contributed by atoms with Gasteiger partial charge in [0.15, 0.2) is 5.82 Å². The molecule has 0 spiro atoms. The van der Waals surface area contributed by atoms with Gasteiger partial charge < -0.3 is 9.42 Å². The van der Waals surface area contributed by atoms with Gasteiger partial charge in [-0.1, -0.05) is 5.16 Å². The van der Waals surface area contributed by atoms with E-state index in [-0.39, 0.29) is 6.04 Å². The van der Waals surface area contributed by atoms with E-state index < -0.39 is 0 Å². The Hall–Kier alpha value is -0.940. The molecule has 0 aromatic carbocycles. The molecule has 1 saturated carbocycles. The van der Waals surface area contributed by atoms with E-state index in [2.05, 4.69) is 26.9 Å². The second-order valence-electron chi connectivity index (χ2n) is 5.64. The van der Waals surface area contributed by atoms with E-state index in [9.17, 15) is 0 Å². The van der Waals surface area contributed by atoms with E-state index in [4.69, 9.17) is 4.52 Å². The van der Waals surface area contributed by atoms with E-state index in [1.165, 1.54) is 32.5 Å². The van der Waals surface area contributed by atoms with Crippen molar-refractivity contribution in [3.05, 3.63) is 11.7 Å². The van der Waals surface area contributed by atoms with Gasteiger partial charge in [0.1, 0.15) is 0 Å². The first-order chi connectivity index (χ1) is 8.72. The van der Waals surface area contributed by atoms with Crippen molar-refractivity contribution in [2.45, 2.75) is 32.7 Å². The van der Waals surface area contributed by atoms with Crippen LogP contribution in [-0.2, 0) is 0 Å². The number of aromatic nitrogens is 2. The number of piperazine rings is 1. The normalized spacial score (nSPS) is 24.3. The summed E-state index contributed by atoms with van der Waals surface area (Å²) in [6.45, 7) is 9.89. The zero-order valence-corrected chi connectivity index (χ0v) is 11.3. The topological polar surface area (TPSA) is 45.4 Å². The molecule has 1 aromatic heterocycles. The highest BCUT2D eigenvalue weighted by atomic mass is 16.5. The van der Waals surface area contributed by atoms with Crippen LogP contribution in [0.15, 0.2) is 4.52 Å². The molecule has 1 aliphatic heterocycles. The van der Waals surface area contributed by atoms with Crippen LogP contribution in [0.4, 0.5) is 0 Å². The second kappa shape index (κ2) is 4.97. The predicted octanol–water partition coefficient (Wildman–Crippen LogP) is 1.47. The van der Waals surface area contributed by atoms with Crippen LogP contribution in [0.3, 0.4) is 0 Å². The van der Waals surface area contributed by atoms with Crippen LogP contribution in [0.25, 0.3) is 0 Å². The summed E-state index contributed by atoms with van der Waals surface area (Å²) in [7, 11) is 0. The number of aryl methyl sites for hydroxylation is 1. The fraction of sp³-hybridized carbons (Fsp3) is 0.846. The molecule has 0 bridgehead atoms. The van der Waals surface area contributed by atoms with Crippen molar-refractivity contribution in [3.8, 4) is 0 Å². The summed E-state index contributed by atoms with van der Waals surface area (Å²) < 4.78 is 5.26. The van der Waals surface area contributed by atoms with Crippen molar-refractivity contribution in [1.29, 1.82) is 0 Å². The van der Waals surface area contributed by atoms with Gasteiger partial charge in [-0.05, 0) is 32.6 Å². The van der Waals surface area contributed by atoms with Gasteiger partial charge in [0.2, 0.25) is 5.89 Å². The van der Waals surface area contributed by atoms with Gasteiger partial charge in [0, 0.05) is 32.7 Å². The molecular weight excluding hydrogens is 228 g/mol. The Balaban J connectivity index is 1.52.